The number of nitrogens with one attached hydrogen (secondary N) is 2. The summed E-state index contributed by atoms with van der Waals surface area (Å²) in [7, 11) is 1.76. The van der Waals surface area contributed by atoms with Crippen LogP contribution in [0.15, 0.2) is 42.5 Å². The summed E-state index contributed by atoms with van der Waals surface area (Å²) in [6.45, 7) is 3.15. The van der Waals surface area contributed by atoms with Crippen LogP contribution in [0.5, 0.6) is 5.75 Å². The Morgan fingerprint density at radius 1 is 1.17 bits per heavy atom. The number of methoxy groups -OCH3 is 1. The van der Waals surface area contributed by atoms with Crippen LogP contribution < -0.4 is 10.1 Å². The molecule has 0 aliphatic carbocycles. The van der Waals surface area contributed by atoms with Crippen molar-refractivity contribution in [3.63, 3.8) is 0 Å². The second kappa shape index (κ2) is 5.74. The van der Waals surface area contributed by atoms with Gasteiger partial charge in [-0.25, -0.2) is 0 Å². The highest BCUT2D eigenvalue weighted by Gasteiger charge is 2.27. The van der Waals surface area contributed by atoms with Gasteiger partial charge in [-0.3, -0.25) is 0 Å². The summed E-state index contributed by atoms with van der Waals surface area (Å²) in [5.74, 6) is 0.966. The minimum atomic E-state index is 0.159. The zero-order valence-corrected chi connectivity index (χ0v) is 13.6. The summed E-state index contributed by atoms with van der Waals surface area (Å²) in [5, 5.41) is 5.00. The second-order valence-electron chi connectivity index (χ2n) is 6.13. The van der Waals surface area contributed by atoms with Gasteiger partial charge in [0.2, 0.25) is 0 Å². The second-order valence-corrected chi connectivity index (χ2v) is 6.13. The molecule has 3 heteroatoms. The number of H-pyrrole nitrogens is 1. The summed E-state index contributed by atoms with van der Waals surface area (Å²) in [6, 6.07) is 15.3. The predicted octanol–water partition coefficient (Wildman–Crippen LogP) is 3.97. The Balaban J connectivity index is 1.86. The molecule has 0 saturated heterocycles. The van der Waals surface area contributed by atoms with Crippen molar-refractivity contribution < 1.29 is 4.74 Å². The number of hydrogen-bond donors (Lipinski definition) is 2. The van der Waals surface area contributed by atoms with Crippen molar-refractivity contribution in [3.05, 3.63) is 64.8 Å². The van der Waals surface area contributed by atoms with Gasteiger partial charge in [0.25, 0.3) is 0 Å². The minimum absolute atomic E-state index is 0.159. The molecule has 0 fully saturated rings. The van der Waals surface area contributed by atoms with Crippen LogP contribution in [0.4, 0.5) is 0 Å². The number of aromatic nitrogens is 1. The predicted molar refractivity (Wildman–Crippen MR) is 94.2 cm³/mol. The van der Waals surface area contributed by atoms with E-state index in [2.05, 4.69) is 59.7 Å². The van der Waals surface area contributed by atoms with E-state index in [1.54, 1.807) is 7.11 Å². The first-order valence-electron chi connectivity index (χ1n) is 8.31. The first-order valence-corrected chi connectivity index (χ1v) is 8.31. The molecular formula is C20H22N2O. The van der Waals surface area contributed by atoms with Crippen LogP contribution in [0.1, 0.15) is 35.3 Å². The van der Waals surface area contributed by atoms with Crippen molar-refractivity contribution in [2.45, 2.75) is 25.8 Å². The van der Waals surface area contributed by atoms with Crippen LogP contribution in [0.25, 0.3) is 10.9 Å². The SMILES string of the molecule is CCc1ccc(C2NCCc3c2[nH]c2ccccc32)c(OC)c1. The van der Waals surface area contributed by atoms with E-state index in [0.717, 1.165) is 25.1 Å². The third-order valence-corrected chi connectivity index (χ3v) is 4.88. The summed E-state index contributed by atoms with van der Waals surface area (Å²) in [4.78, 5) is 3.63. The molecule has 1 unspecified atom stereocenters. The lowest BCUT2D eigenvalue weighted by Crippen LogP contribution is -2.30. The number of aryl methyl sites for hydroxylation is 1. The van der Waals surface area contributed by atoms with Crippen molar-refractivity contribution in [1.29, 1.82) is 0 Å². The molecule has 118 valence electrons. The van der Waals surface area contributed by atoms with Crippen LogP contribution in [-0.2, 0) is 12.8 Å². The summed E-state index contributed by atoms with van der Waals surface area (Å²) < 4.78 is 5.68. The average molecular weight is 306 g/mol. The molecule has 23 heavy (non-hydrogen) atoms. The van der Waals surface area contributed by atoms with E-state index >= 15 is 0 Å². The Morgan fingerprint density at radius 2 is 2.04 bits per heavy atom. The number of fused-ring (bicyclic) bond motifs is 3. The fourth-order valence-corrected chi connectivity index (χ4v) is 3.66. The standard InChI is InChI=1S/C20H22N2O/c1-3-13-8-9-16(18(12-13)23-2)19-20-15(10-11-21-19)14-6-4-5-7-17(14)22-20/h4-9,12,19,21-22H,3,10-11H2,1-2H3. The van der Waals surface area contributed by atoms with Crippen molar-refractivity contribution in [2.75, 3.05) is 13.7 Å². The fraction of sp³-hybridized carbons (Fsp3) is 0.300. The lowest BCUT2D eigenvalue weighted by atomic mass is 9.93. The lowest BCUT2D eigenvalue weighted by molar-refractivity contribution is 0.401. The lowest BCUT2D eigenvalue weighted by Gasteiger charge is -2.26. The van der Waals surface area contributed by atoms with E-state index in [4.69, 9.17) is 4.74 Å². The molecule has 1 aliphatic rings. The Hall–Kier alpha value is -2.26. The van der Waals surface area contributed by atoms with Gasteiger partial charge in [-0.05, 0) is 36.1 Å². The molecule has 0 radical (unpaired) electrons. The van der Waals surface area contributed by atoms with Gasteiger partial charge in [-0.2, -0.15) is 0 Å². The third-order valence-electron chi connectivity index (χ3n) is 4.88. The van der Waals surface area contributed by atoms with E-state index in [1.165, 1.54) is 33.3 Å². The largest absolute Gasteiger partial charge is 0.496 e. The molecule has 1 aromatic heterocycles. The molecule has 3 nitrogen and oxygen atoms in total. The number of para-hydroxylation sites is 1. The van der Waals surface area contributed by atoms with E-state index in [-0.39, 0.29) is 6.04 Å². The van der Waals surface area contributed by atoms with Crippen molar-refractivity contribution in [1.82, 2.24) is 10.3 Å². The monoisotopic (exact) mass is 306 g/mol. The molecule has 4 rings (SSSR count). The zero-order chi connectivity index (χ0) is 15.8. The van der Waals surface area contributed by atoms with Crippen LogP contribution >= 0.6 is 0 Å². The first-order chi connectivity index (χ1) is 11.3. The molecule has 2 N–H and O–H groups in total. The van der Waals surface area contributed by atoms with Crippen molar-refractivity contribution >= 4 is 10.9 Å². The van der Waals surface area contributed by atoms with E-state index in [9.17, 15) is 0 Å². The van der Waals surface area contributed by atoms with E-state index in [0.29, 0.717) is 0 Å². The molecule has 0 amide bonds. The van der Waals surface area contributed by atoms with Crippen LogP contribution in [0.3, 0.4) is 0 Å². The number of rotatable bonds is 3. The smallest absolute Gasteiger partial charge is 0.124 e. The molecule has 0 saturated carbocycles. The Morgan fingerprint density at radius 3 is 2.87 bits per heavy atom. The molecule has 2 aromatic carbocycles. The number of benzene rings is 2. The van der Waals surface area contributed by atoms with E-state index in [1.807, 2.05) is 0 Å². The highest BCUT2D eigenvalue weighted by atomic mass is 16.5. The van der Waals surface area contributed by atoms with Gasteiger partial charge in [0.1, 0.15) is 5.75 Å². The number of aromatic amines is 1. The summed E-state index contributed by atoms with van der Waals surface area (Å²) in [6.07, 6.45) is 2.08. The van der Waals surface area contributed by atoms with Crippen molar-refractivity contribution in [3.8, 4) is 5.75 Å². The van der Waals surface area contributed by atoms with Gasteiger partial charge < -0.3 is 15.0 Å². The normalized spacial score (nSPS) is 17.2. The molecule has 0 spiro atoms. The maximum atomic E-state index is 5.68. The molecule has 1 atom stereocenters. The molecule has 3 aromatic rings. The van der Waals surface area contributed by atoms with E-state index < -0.39 is 0 Å². The molecule has 2 heterocycles. The van der Waals surface area contributed by atoms with Crippen LogP contribution in [0, 0.1) is 0 Å². The van der Waals surface area contributed by atoms with Crippen LogP contribution in [-0.4, -0.2) is 18.6 Å². The summed E-state index contributed by atoms with van der Waals surface area (Å²) in [5.41, 5.74) is 6.44. The number of hydrogen-bond acceptors (Lipinski definition) is 2. The molecule has 0 bridgehead atoms. The quantitative estimate of drug-likeness (QED) is 0.768. The van der Waals surface area contributed by atoms with Crippen LogP contribution in [0.2, 0.25) is 0 Å². The minimum Gasteiger partial charge on any atom is -0.496 e. The molecule has 1 aliphatic heterocycles. The molecular weight excluding hydrogens is 284 g/mol. The van der Waals surface area contributed by atoms with Gasteiger partial charge in [0, 0.05) is 28.7 Å². The first kappa shape index (κ1) is 14.3. The highest BCUT2D eigenvalue weighted by molar-refractivity contribution is 5.85. The van der Waals surface area contributed by atoms with Gasteiger partial charge in [-0.1, -0.05) is 37.3 Å². The Kier molecular flexibility index (Phi) is 3.58. The Labute approximate surface area is 136 Å². The summed E-state index contributed by atoms with van der Waals surface area (Å²) >= 11 is 0. The highest BCUT2D eigenvalue weighted by Crippen LogP contribution is 2.37. The average Bonchev–Trinajstić information content (AvgIpc) is 3.00. The van der Waals surface area contributed by atoms with Gasteiger partial charge in [0.05, 0.1) is 13.2 Å². The maximum Gasteiger partial charge on any atom is 0.124 e. The maximum absolute atomic E-state index is 5.68. The fourth-order valence-electron chi connectivity index (χ4n) is 3.66. The van der Waals surface area contributed by atoms with Crippen molar-refractivity contribution in [2.24, 2.45) is 0 Å². The zero-order valence-electron chi connectivity index (χ0n) is 13.6. The Bertz CT molecular complexity index is 850. The van der Waals surface area contributed by atoms with Gasteiger partial charge >= 0.3 is 0 Å². The third kappa shape index (κ3) is 2.32. The van der Waals surface area contributed by atoms with Gasteiger partial charge in [-0.15, -0.1) is 0 Å². The topological polar surface area (TPSA) is 37.0 Å². The number of ether oxygens (including phenoxy) is 1. The van der Waals surface area contributed by atoms with Gasteiger partial charge in [0.15, 0.2) is 0 Å².